The van der Waals surface area contributed by atoms with Gasteiger partial charge in [-0.05, 0) is 43.4 Å². The average Bonchev–Trinajstić information content (AvgIpc) is 3.09. The third kappa shape index (κ3) is 4.88. The summed E-state index contributed by atoms with van der Waals surface area (Å²) in [5.41, 5.74) is 1.05. The molecule has 1 heterocycles. The third-order valence-corrected chi connectivity index (χ3v) is 5.73. The summed E-state index contributed by atoms with van der Waals surface area (Å²) < 4.78 is 5.99. The highest BCUT2D eigenvalue weighted by atomic mass is 16.5. The van der Waals surface area contributed by atoms with Crippen molar-refractivity contribution in [3.05, 3.63) is 72.3 Å². The number of benzene rings is 3. The van der Waals surface area contributed by atoms with Gasteiger partial charge in [0.1, 0.15) is 5.75 Å². The van der Waals surface area contributed by atoms with Crippen molar-refractivity contribution in [3.8, 4) is 5.75 Å². The van der Waals surface area contributed by atoms with Gasteiger partial charge in [-0.2, -0.15) is 0 Å². The molecule has 2 amide bonds. The Hall–Kier alpha value is -3.34. The van der Waals surface area contributed by atoms with Crippen LogP contribution in [0.3, 0.4) is 0 Å². The standard InChI is InChI=1S/C26H28N2O3/c1-19(31-24-16-10-12-20-11-4-5-13-21(20)24)25(29)27-23-15-7-6-14-22(23)26(30)28-17-8-2-3-9-18-28/h4-7,10-16,19H,2-3,8-9,17-18H2,1H3,(H,27,29). The molecule has 5 heteroatoms. The number of nitrogens with one attached hydrogen (secondary N) is 1. The Kier molecular flexibility index (Phi) is 6.51. The molecular weight excluding hydrogens is 388 g/mol. The van der Waals surface area contributed by atoms with Crippen molar-refractivity contribution < 1.29 is 14.3 Å². The second kappa shape index (κ2) is 9.65. The number of para-hydroxylation sites is 1. The Morgan fingerprint density at radius 2 is 1.55 bits per heavy atom. The normalized spacial score (nSPS) is 15.2. The van der Waals surface area contributed by atoms with Crippen LogP contribution >= 0.6 is 0 Å². The second-order valence-corrected chi connectivity index (χ2v) is 7.98. The van der Waals surface area contributed by atoms with E-state index in [2.05, 4.69) is 5.32 Å². The van der Waals surface area contributed by atoms with Crippen LogP contribution in [0.1, 0.15) is 43.0 Å². The van der Waals surface area contributed by atoms with Crippen LogP contribution < -0.4 is 10.1 Å². The van der Waals surface area contributed by atoms with Crippen molar-refractivity contribution >= 4 is 28.3 Å². The largest absolute Gasteiger partial charge is 0.480 e. The number of carbonyl (C=O) groups is 2. The summed E-state index contributed by atoms with van der Waals surface area (Å²) in [6, 6.07) is 20.9. The van der Waals surface area contributed by atoms with Gasteiger partial charge in [0.25, 0.3) is 11.8 Å². The fourth-order valence-electron chi connectivity index (χ4n) is 4.00. The molecule has 0 saturated carbocycles. The van der Waals surface area contributed by atoms with E-state index < -0.39 is 6.10 Å². The molecule has 1 unspecified atom stereocenters. The zero-order chi connectivity index (χ0) is 21.6. The van der Waals surface area contributed by atoms with E-state index >= 15 is 0 Å². The molecule has 0 aliphatic carbocycles. The van der Waals surface area contributed by atoms with E-state index in [4.69, 9.17) is 4.74 Å². The summed E-state index contributed by atoms with van der Waals surface area (Å²) in [7, 11) is 0. The molecular formula is C26H28N2O3. The van der Waals surface area contributed by atoms with E-state index in [1.807, 2.05) is 59.5 Å². The molecule has 0 bridgehead atoms. The maximum atomic E-state index is 13.1. The zero-order valence-electron chi connectivity index (χ0n) is 17.8. The first-order valence-corrected chi connectivity index (χ1v) is 11.0. The van der Waals surface area contributed by atoms with Gasteiger partial charge in [-0.1, -0.05) is 61.4 Å². The van der Waals surface area contributed by atoms with Crippen LogP contribution in [0.25, 0.3) is 10.8 Å². The molecule has 0 spiro atoms. The highest BCUT2D eigenvalue weighted by Gasteiger charge is 2.22. The molecule has 0 aromatic heterocycles. The summed E-state index contributed by atoms with van der Waals surface area (Å²) in [4.78, 5) is 27.9. The van der Waals surface area contributed by atoms with E-state index in [0.29, 0.717) is 17.0 Å². The molecule has 1 N–H and O–H groups in total. The number of amides is 2. The predicted octanol–water partition coefficient (Wildman–Crippen LogP) is 5.26. The molecule has 3 aromatic rings. The number of hydrogen-bond acceptors (Lipinski definition) is 3. The van der Waals surface area contributed by atoms with E-state index in [1.165, 1.54) is 0 Å². The molecule has 1 aliphatic rings. The number of anilines is 1. The lowest BCUT2D eigenvalue weighted by Gasteiger charge is -2.22. The maximum Gasteiger partial charge on any atom is 0.265 e. The van der Waals surface area contributed by atoms with Gasteiger partial charge in [-0.3, -0.25) is 9.59 Å². The molecule has 160 valence electrons. The molecule has 5 nitrogen and oxygen atoms in total. The first-order valence-electron chi connectivity index (χ1n) is 11.0. The lowest BCUT2D eigenvalue weighted by atomic mass is 10.1. The lowest BCUT2D eigenvalue weighted by Crippen LogP contribution is -2.34. The Morgan fingerprint density at radius 3 is 2.35 bits per heavy atom. The molecule has 1 aliphatic heterocycles. The molecule has 1 saturated heterocycles. The van der Waals surface area contributed by atoms with Crippen LogP contribution in [-0.4, -0.2) is 35.9 Å². The summed E-state index contributed by atoms with van der Waals surface area (Å²) >= 11 is 0. The molecule has 0 radical (unpaired) electrons. The first-order chi connectivity index (χ1) is 15.1. The highest BCUT2D eigenvalue weighted by molar-refractivity contribution is 6.04. The van der Waals surface area contributed by atoms with Gasteiger partial charge >= 0.3 is 0 Å². The van der Waals surface area contributed by atoms with Crippen LogP contribution in [0.15, 0.2) is 66.7 Å². The maximum absolute atomic E-state index is 13.1. The number of fused-ring (bicyclic) bond motifs is 1. The minimum atomic E-state index is -0.716. The summed E-state index contributed by atoms with van der Waals surface area (Å²) in [5.74, 6) is 0.346. The predicted molar refractivity (Wildman–Crippen MR) is 123 cm³/mol. The average molecular weight is 417 g/mol. The van der Waals surface area contributed by atoms with Crippen molar-refractivity contribution in [2.45, 2.75) is 38.7 Å². The van der Waals surface area contributed by atoms with Crippen molar-refractivity contribution in [2.24, 2.45) is 0 Å². The SMILES string of the molecule is CC(Oc1cccc2ccccc12)C(=O)Nc1ccccc1C(=O)N1CCCCCC1. The van der Waals surface area contributed by atoms with Crippen LogP contribution in [0, 0.1) is 0 Å². The second-order valence-electron chi connectivity index (χ2n) is 7.98. The number of hydrogen-bond donors (Lipinski definition) is 1. The molecule has 3 aromatic carbocycles. The number of nitrogens with zero attached hydrogens (tertiary/aromatic N) is 1. The fourth-order valence-corrected chi connectivity index (χ4v) is 4.00. The van der Waals surface area contributed by atoms with Gasteiger partial charge in [0, 0.05) is 18.5 Å². The van der Waals surface area contributed by atoms with Crippen molar-refractivity contribution in [3.63, 3.8) is 0 Å². The van der Waals surface area contributed by atoms with Crippen molar-refractivity contribution in [1.82, 2.24) is 4.90 Å². The van der Waals surface area contributed by atoms with Crippen LogP contribution in [-0.2, 0) is 4.79 Å². The number of likely N-dealkylation sites (tertiary alicyclic amines) is 1. The van der Waals surface area contributed by atoms with E-state index in [9.17, 15) is 9.59 Å². The lowest BCUT2D eigenvalue weighted by molar-refractivity contribution is -0.122. The topological polar surface area (TPSA) is 58.6 Å². The van der Waals surface area contributed by atoms with Gasteiger partial charge in [-0.15, -0.1) is 0 Å². The van der Waals surface area contributed by atoms with E-state index in [0.717, 1.165) is 49.5 Å². The minimum absolute atomic E-state index is 0.0274. The van der Waals surface area contributed by atoms with Gasteiger partial charge in [0.2, 0.25) is 0 Å². The zero-order valence-corrected chi connectivity index (χ0v) is 17.8. The molecule has 4 rings (SSSR count). The van der Waals surface area contributed by atoms with Gasteiger partial charge in [-0.25, -0.2) is 0 Å². The number of ether oxygens (including phenoxy) is 1. The number of rotatable bonds is 5. The van der Waals surface area contributed by atoms with Gasteiger partial charge in [0.15, 0.2) is 6.10 Å². The van der Waals surface area contributed by atoms with E-state index in [-0.39, 0.29) is 11.8 Å². The smallest absolute Gasteiger partial charge is 0.265 e. The monoisotopic (exact) mass is 416 g/mol. The third-order valence-electron chi connectivity index (χ3n) is 5.73. The molecule has 1 atom stereocenters. The van der Waals surface area contributed by atoms with Crippen LogP contribution in [0.5, 0.6) is 5.75 Å². The van der Waals surface area contributed by atoms with E-state index in [1.54, 1.807) is 19.1 Å². The number of carbonyl (C=O) groups excluding carboxylic acids is 2. The van der Waals surface area contributed by atoms with Crippen LogP contribution in [0.4, 0.5) is 5.69 Å². The molecule has 1 fully saturated rings. The van der Waals surface area contributed by atoms with Crippen molar-refractivity contribution in [2.75, 3.05) is 18.4 Å². The fraction of sp³-hybridized carbons (Fsp3) is 0.308. The summed E-state index contributed by atoms with van der Waals surface area (Å²) in [6.45, 7) is 3.25. The Bertz CT molecular complexity index is 1070. The first kappa shape index (κ1) is 20.9. The van der Waals surface area contributed by atoms with Gasteiger partial charge < -0.3 is 15.0 Å². The van der Waals surface area contributed by atoms with Crippen LogP contribution in [0.2, 0.25) is 0 Å². The minimum Gasteiger partial charge on any atom is -0.480 e. The quantitative estimate of drug-likeness (QED) is 0.617. The van der Waals surface area contributed by atoms with Crippen molar-refractivity contribution in [1.29, 1.82) is 0 Å². The highest BCUT2D eigenvalue weighted by Crippen LogP contribution is 2.26. The summed E-state index contributed by atoms with van der Waals surface area (Å²) in [5, 5.41) is 4.92. The Labute approximate surface area is 183 Å². The van der Waals surface area contributed by atoms with Gasteiger partial charge in [0.05, 0.1) is 11.3 Å². The Balaban J connectivity index is 1.49. The summed E-state index contributed by atoms with van der Waals surface area (Å²) in [6.07, 6.45) is 3.65. The Morgan fingerprint density at radius 1 is 0.871 bits per heavy atom. The molecule has 31 heavy (non-hydrogen) atoms.